The van der Waals surface area contributed by atoms with Crippen LogP contribution in [0.2, 0.25) is 0 Å². The Labute approximate surface area is 156 Å². The van der Waals surface area contributed by atoms with Crippen molar-refractivity contribution < 1.29 is 18.3 Å². The average molecular weight is 380 g/mol. The van der Waals surface area contributed by atoms with E-state index >= 15 is 0 Å². The van der Waals surface area contributed by atoms with E-state index in [9.17, 15) is 18.3 Å². The van der Waals surface area contributed by atoms with Crippen molar-refractivity contribution in [2.45, 2.75) is 75.1 Å². The summed E-state index contributed by atoms with van der Waals surface area (Å²) in [6.45, 7) is 1.95. The highest BCUT2D eigenvalue weighted by atomic mass is 32.2. The number of hydrogen-bond acceptors (Lipinski definition) is 3. The summed E-state index contributed by atoms with van der Waals surface area (Å²) in [7, 11) is -3.60. The molecule has 26 heavy (non-hydrogen) atoms. The van der Waals surface area contributed by atoms with E-state index in [-0.39, 0.29) is 16.9 Å². The van der Waals surface area contributed by atoms with Crippen LogP contribution in [-0.4, -0.2) is 25.5 Å². The Morgan fingerprint density at radius 1 is 1.12 bits per heavy atom. The lowest BCUT2D eigenvalue weighted by molar-refractivity contribution is -0.142. The zero-order valence-electron chi connectivity index (χ0n) is 15.4. The lowest BCUT2D eigenvalue weighted by Crippen LogP contribution is -2.38. The minimum absolute atomic E-state index is 0.0813. The van der Waals surface area contributed by atoms with Crippen molar-refractivity contribution in [3.8, 4) is 0 Å². The molecule has 1 aromatic carbocycles. The molecule has 2 saturated carbocycles. The summed E-state index contributed by atoms with van der Waals surface area (Å²) in [5.41, 5.74) is 0.822. The van der Waals surface area contributed by atoms with Gasteiger partial charge in [-0.25, -0.2) is 13.1 Å². The van der Waals surface area contributed by atoms with Crippen LogP contribution in [0, 0.1) is 11.8 Å². The molecule has 2 fully saturated rings. The lowest BCUT2D eigenvalue weighted by Gasteiger charge is -2.28. The quantitative estimate of drug-likeness (QED) is 0.785. The van der Waals surface area contributed by atoms with Gasteiger partial charge in [-0.1, -0.05) is 37.8 Å². The number of nitrogens with one attached hydrogen (secondary N) is 1. The van der Waals surface area contributed by atoms with Gasteiger partial charge in [0.05, 0.1) is 10.8 Å². The van der Waals surface area contributed by atoms with Gasteiger partial charge in [0.1, 0.15) is 0 Å². The van der Waals surface area contributed by atoms with E-state index < -0.39 is 21.9 Å². The molecule has 2 aliphatic carbocycles. The van der Waals surface area contributed by atoms with Gasteiger partial charge in [-0.3, -0.25) is 4.79 Å². The second-order valence-corrected chi connectivity index (χ2v) is 9.58. The Kier molecular flexibility index (Phi) is 6.03. The van der Waals surface area contributed by atoms with Crippen molar-refractivity contribution in [2.24, 2.45) is 11.8 Å². The van der Waals surface area contributed by atoms with E-state index in [4.69, 9.17) is 0 Å². The highest BCUT2D eigenvalue weighted by Crippen LogP contribution is 2.40. The van der Waals surface area contributed by atoms with Gasteiger partial charge in [0.25, 0.3) is 0 Å². The number of carboxylic acids is 1. The number of rotatable bonds is 6. The molecule has 2 N–H and O–H groups in total. The fraction of sp³-hybridized carbons (Fsp3) is 0.650. The van der Waals surface area contributed by atoms with Gasteiger partial charge in [0.2, 0.25) is 10.0 Å². The fourth-order valence-electron chi connectivity index (χ4n) is 4.61. The minimum Gasteiger partial charge on any atom is -0.481 e. The Morgan fingerprint density at radius 3 is 2.54 bits per heavy atom. The first-order valence-electron chi connectivity index (χ1n) is 9.73. The molecular weight excluding hydrogens is 350 g/mol. The summed E-state index contributed by atoms with van der Waals surface area (Å²) in [6, 6.07) is 6.77. The third-order valence-electron chi connectivity index (χ3n) is 6.13. The molecule has 3 atom stereocenters. The van der Waals surface area contributed by atoms with Crippen LogP contribution in [0.25, 0.3) is 0 Å². The third kappa shape index (κ3) is 4.29. The average Bonchev–Trinajstić information content (AvgIpc) is 3.12. The number of aliphatic carboxylic acids is 1. The van der Waals surface area contributed by atoms with Crippen LogP contribution >= 0.6 is 0 Å². The first kappa shape index (κ1) is 19.4. The van der Waals surface area contributed by atoms with Crippen molar-refractivity contribution >= 4 is 16.0 Å². The van der Waals surface area contributed by atoms with Gasteiger partial charge in [-0.15, -0.1) is 0 Å². The fourth-order valence-corrected chi connectivity index (χ4v) is 5.98. The number of carbonyl (C=O) groups is 1. The summed E-state index contributed by atoms with van der Waals surface area (Å²) in [5, 5.41) is 9.41. The van der Waals surface area contributed by atoms with Crippen LogP contribution in [0.5, 0.6) is 0 Å². The highest BCUT2D eigenvalue weighted by molar-refractivity contribution is 7.89. The Morgan fingerprint density at radius 2 is 1.85 bits per heavy atom. The van der Waals surface area contributed by atoms with E-state index in [2.05, 4.69) is 4.72 Å². The van der Waals surface area contributed by atoms with E-state index in [1.807, 2.05) is 13.0 Å². The largest absolute Gasteiger partial charge is 0.481 e. The van der Waals surface area contributed by atoms with Crippen molar-refractivity contribution in [1.82, 2.24) is 4.72 Å². The van der Waals surface area contributed by atoms with E-state index in [1.165, 1.54) is 19.3 Å². The van der Waals surface area contributed by atoms with Crippen molar-refractivity contribution in [2.75, 3.05) is 0 Å². The molecule has 2 aliphatic rings. The molecule has 144 valence electrons. The standard InChI is InChI=1S/C20H29NO4S/c1-14(15-7-3-2-4-8-15)21-26(24,25)17-10-5-9-16(13-17)18-11-6-12-19(18)20(22)23/h5,9-10,13-15,18-19,21H,2-4,6-8,11-12H2,1H3,(H,22,23). The lowest BCUT2D eigenvalue weighted by atomic mass is 9.85. The van der Waals surface area contributed by atoms with Gasteiger partial charge in [0.15, 0.2) is 0 Å². The third-order valence-corrected chi connectivity index (χ3v) is 7.68. The molecular formula is C20H29NO4S. The zero-order chi connectivity index (χ0) is 18.7. The number of hydrogen-bond donors (Lipinski definition) is 2. The van der Waals surface area contributed by atoms with E-state index in [1.54, 1.807) is 18.2 Å². The Balaban J connectivity index is 1.76. The number of sulfonamides is 1. The summed E-state index contributed by atoms with van der Waals surface area (Å²) in [5.74, 6) is -0.904. The van der Waals surface area contributed by atoms with Crippen LogP contribution in [-0.2, 0) is 14.8 Å². The highest BCUT2D eigenvalue weighted by Gasteiger charge is 2.34. The smallest absolute Gasteiger partial charge is 0.307 e. The predicted octanol–water partition coefficient (Wildman–Crippen LogP) is 3.90. The van der Waals surface area contributed by atoms with Crippen LogP contribution < -0.4 is 4.72 Å². The second kappa shape index (κ2) is 8.09. The molecule has 0 amide bonds. The van der Waals surface area contributed by atoms with Gasteiger partial charge >= 0.3 is 5.97 Å². The van der Waals surface area contributed by atoms with Gasteiger partial charge < -0.3 is 5.11 Å². The zero-order valence-corrected chi connectivity index (χ0v) is 16.2. The monoisotopic (exact) mass is 379 g/mol. The van der Waals surface area contributed by atoms with Crippen LogP contribution in [0.4, 0.5) is 0 Å². The van der Waals surface area contributed by atoms with Crippen LogP contribution in [0.3, 0.4) is 0 Å². The van der Waals surface area contributed by atoms with Gasteiger partial charge in [0, 0.05) is 6.04 Å². The molecule has 6 heteroatoms. The SMILES string of the molecule is CC(NS(=O)(=O)c1cccc(C2CCCC2C(=O)O)c1)C1CCCCC1. The molecule has 5 nitrogen and oxygen atoms in total. The van der Waals surface area contributed by atoms with Crippen molar-refractivity contribution in [3.63, 3.8) is 0 Å². The molecule has 0 bridgehead atoms. The first-order valence-corrected chi connectivity index (χ1v) is 11.2. The minimum atomic E-state index is -3.60. The number of carboxylic acid groups (broad SMARTS) is 1. The molecule has 1 aromatic rings. The van der Waals surface area contributed by atoms with Crippen LogP contribution in [0.15, 0.2) is 29.2 Å². The summed E-state index contributed by atoms with van der Waals surface area (Å²) in [6.07, 6.45) is 8.06. The molecule has 0 saturated heterocycles. The maximum absolute atomic E-state index is 12.8. The van der Waals surface area contributed by atoms with Crippen molar-refractivity contribution in [3.05, 3.63) is 29.8 Å². The molecule has 3 unspecified atom stereocenters. The maximum atomic E-state index is 12.8. The summed E-state index contributed by atoms with van der Waals surface area (Å²) >= 11 is 0. The Bertz CT molecular complexity index is 740. The molecule has 0 aliphatic heterocycles. The summed E-state index contributed by atoms with van der Waals surface area (Å²) in [4.78, 5) is 11.7. The van der Waals surface area contributed by atoms with Gasteiger partial charge in [-0.2, -0.15) is 0 Å². The van der Waals surface area contributed by atoms with Gasteiger partial charge in [-0.05, 0) is 62.1 Å². The molecule has 0 spiro atoms. The molecule has 0 heterocycles. The maximum Gasteiger partial charge on any atom is 0.307 e. The Hall–Kier alpha value is -1.40. The van der Waals surface area contributed by atoms with E-state index in [0.717, 1.165) is 31.2 Å². The molecule has 0 radical (unpaired) electrons. The van der Waals surface area contributed by atoms with E-state index in [0.29, 0.717) is 12.3 Å². The topological polar surface area (TPSA) is 83.5 Å². The van der Waals surface area contributed by atoms with Crippen LogP contribution in [0.1, 0.15) is 69.8 Å². The van der Waals surface area contributed by atoms with Crippen molar-refractivity contribution in [1.29, 1.82) is 0 Å². The molecule has 3 rings (SSSR count). The summed E-state index contributed by atoms with van der Waals surface area (Å²) < 4.78 is 28.5. The molecule has 0 aromatic heterocycles. The second-order valence-electron chi connectivity index (χ2n) is 7.86. The normalized spacial score (nSPS) is 25.9. The predicted molar refractivity (Wildman–Crippen MR) is 101 cm³/mol. The number of benzene rings is 1. The first-order chi connectivity index (χ1) is 12.4.